The molecule has 1 fully saturated rings. The molecule has 1 aromatic heterocycles. The molecule has 17 heavy (non-hydrogen) atoms. The van der Waals surface area contributed by atoms with Crippen LogP contribution in [0, 0.1) is 0 Å². The second kappa shape index (κ2) is 5.17. The molecule has 1 saturated carbocycles. The lowest BCUT2D eigenvalue weighted by Crippen LogP contribution is -2.39. The minimum absolute atomic E-state index is 0.00620. The number of carbonyl (C=O) groups is 1. The zero-order chi connectivity index (χ0) is 12.3. The SMILES string of the molecule is CCN(C(=O)c1cccc(N)n1)C1CCCC1. The number of rotatable bonds is 3. The topological polar surface area (TPSA) is 59.2 Å². The van der Waals surface area contributed by atoms with Gasteiger partial charge < -0.3 is 10.6 Å². The molecule has 2 N–H and O–H groups in total. The first kappa shape index (κ1) is 11.9. The summed E-state index contributed by atoms with van der Waals surface area (Å²) >= 11 is 0. The maximum absolute atomic E-state index is 12.3. The van der Waals surface area contributed by atoms with Gasteiger partial charge in [0.2, 0.25) is 0 Å². The first-order valence-electron chi connectivity index (χ1n) is 6.26. The Bertz CT molecular complexity index is 399. The van der Waals surface area contributed by atoms with Crippen LogP contribution >= 0.6 is 0 Å². The van der Waals surface area contributed by atoms with Crippen LogP contribution in [0.1, 0.15) is 43.1 Å². The Labute approximate surface area is 102 Å². The highest BCUT2D eigenvalue weighted by atomic mass is 16.2. The Morgan fingerprint density at radius 2 is 2.18 bits per heavy atom. The van der Waals surface area contributed by atoms with E-state index in [1.165, 1.54) is 12.8 Å². The maximum atomic E-state index is 12.3. The van der Waals surface area contributed by atoms with Crippen molar-refractivity contribution >= 4 is 11.7 Å². The van der Waals surface area contributed by atoms with Crippen molar-refractivity contribution in [3.63, 3.8) is 0 Å². The molecular weight excluding hydrogens is 214 g/mol. The standard InChI is InChI=1S/C13H19N3O/c1-2-16(10-6-3-4-7-10)13(17)11-8-5-9-12(14)15-11/h5,8-10H,2-4,6-7H2,1H3,(H2,14,15). The van der Waals surface area contributed by atoms with E-state index in [1.807, 2.05) is 11.8 Å². The fourth-order valence-electron chi connectivity index (χ4n) is 2.50. The number of anilines is 1. The van der Waals surface area contributed by atoms with E-state index >= 15 is 0 Å². The van der Waals surface area contributed by atoms with E-state index in [4.69, 9.17) is 5.73 Å². The number of hydrogen-bond donors (Lipinski definition) is 1. The van der Waals surface area contributed by atoms with Crippen LogP contribution in [-0.4, -0.2) is 28.4 Å². The Morgan fingerprint density at radius 1 is 1.47 bits per heavy atom. The zero-order valence-electron chi connectivity index (χ0n) is 10.2. The smallest absolute Gasteiger partial charge is 0.272 e. The molecule has 1 aliphatic carbocycles. The number of nitrogens with two attached hydrogens (primary N) is 1. The largest absolute Gasteiger partial charge is 0.384 e. The molecule has 4 nitrogen and oxygen atoms in total. The highest BCUT2D eigenvalue weighted by Gasteiger charge is 2.26. The number of hydrogen-bond acceptors (Lipinski definition) is 3. The summed E-state index contributed by atoms with van der Waals surface area (Å²) in [6, 6.07) is 5.59. The van der Waals surface area contributed by atoms with Crippen LogP contribution < -0.4 is 5.73 Å². The molecule has 1 aromatic rings. The minimum atomic E-state index is 0.00620. The molecule has 1 aliphatic rings. The molecule has 0 radical (unpaired) electrons. The molecule has 92 valence electrons. The fraction of sp³-hybridized carbons (Fsp3) is 0.538. The van der Waals surface area contributed by atoms with Gasteiger partial charge in [-0.3, -0.25) is 4.79 Å². The second-order valence-electron chi connectivity index (χ2n) is 4.48. The van der Waals surface area contributed by atoms with Gasteiger partial charge in [0, 0.05) is 12.6 Å². The molecular formula is C13H19N3O. The lowest BCUT2D eigenvalue weighted by molar-refractivity contribution is 0.0687. The summed E-state index contributed by atoms with van der Waals surface area (Å²) in [5.41, 5.74) is 6.07. The van der Waals surface area contributed by atoms with Gasteiger partial charge in [-0.25, -0.2) is 4.98 Å². The summed E-state index contributed by atoms with van der Waals surface area (Å²) in [5, 5.41) is 0. The maximum Gasteiger partial charge on any atom is 0.272 e. The summed E-state index contributed by atoms with van der Waals surface area (Å²) < 4.78 is 0. The van der Waals surface area contributed by atoms with Crippen molar-refractivity contribution < 1.29 is 4.79 Å². The molecule has 0 atom stereocenters. The van der Waals surface area contributed by atoms with Gasteiger partial charge in [0.1, 0.15) is 11.5 Å². The van der Waals surface area contributed by atoms with Gasteiger partial charge in [-0.2, -0.15) is 0 Å². The van der Waals surface area contributed by atoms with Crippen LogP contribution in [0.3, 0.4) is 0 Å². The van der Waals surface area contributed by atoms with Gasteiger partial charge in [0.05, 0.1) is 0 Å². The van der Waals surface area contributed by atoms with Crippen molar-refractivity contribution in [3.8, 4) is 0 Å². The average molecular weight is 233 g/mol. The van der Waals surface area contributed by atoms with Gasteiger partial charge in [-0.15, -0.1) is 0 Å². The van der Waals surface area contributed by atoms with Crippen molar-refractivity contribution in [2.45, 2.75) is 38.6 Å². The van der Waals surface area contributed by atoms with E-state index in [0.29, 0.717) is 17.6 Å². The lowest BCUT2D eigenvalue weighted by Gasteiger charge is -2.27. The molecule has 4 heteroatoms. The molecule has 0 spiro atoms. The van der Waals surface area contributed by atoms with Crippen molar-refractivity contribution in [1.82, 2.24) is 9.88 Å². The first-order valence-corrected chi connectivity index (χ1v) is 6.26. The number of nitrogen functional groups attached to an aromatic ring is 1. The van der Waals surface area contributed by atoms with Crippen LogP contribution in [0.5, 0.6) is 0 Å². The van der Waals surface area contributed by atoms with Crippen LogP contribution in [0.2, 0.25) is 0 Å². The summed E-state index contributed by atoms with van der Waals surface area (Å²) in [5.74, 6) is 0.407. The van der Waals surface area contributed by atoms with Gasteiger partial charge >= 0.3 is 0 Å². The van der Waals surface area contributed by atoms with Crippen molar-refractivity contribution in [2.75, 3.05) is 12.3 Å². The van der Waals surface area contributed by atoms with E-state index in [-0.39, 0.29) is 5.91 Å². The van der Waals surface area contributed by atoms with Crippen LogP contribution in [0.25, 0.3) is 0 Å². The summed E-state index contributed by atoms with van der Waals surface area (Å²) in [7, 11) is 0. The molecule has 1 heterocycles. The van der Waals surface area contributed by atoms with E-state index in [9.17, 15) is 4.79 Å². The van der Waals surface area contributed by atoms with Crippen molar-refractivity contribution in [1.29, 1.82) is 0 Å². The van der Waals surface area contributed by atoms with Gasteiger partial charge in [-0.05, 0) is 31.9 Å². The quantitative estimate of drug-likeness (QED) is 0.869. The van der Waals surface area contributed by atoms with Crippen molar-refractivity contribution in [3.05, 3.63) is 23.9 Å². The normalized spacial score (nSPS) is 16.1. The molecule has 0 aliphatic heterocycles. The minimum Gasteiger partial charge on any atom is -0.384 e. The number of amides is 1. The number of pyridine rings is 1. The number of aromatic nitrogens is 1. The Balaban J connectivity index is 2.16. The third-order valence-corrected chi connectivity index (χ3v) is 3.36. The van der Waals surface area contributed by atoms with Gasteiger partial charge in [-0.1, -0.05) is 18.9 Å². The predicted molar refractivity (Wildman–Crippen MR) is 67.6 cm³/mol. The monoisotopic (exact) mass is 233 g/mol. The zero-order valence-corrected chi connectivity index (χ0v) is 10.2. The predicted octanol–water partition coefficient (Wildman–Crippen LogP) is 2.07. The lowest BCUT2D eigenvalue weighted by atomic mass is 10.2. The highest BCUT2D eigenvalue weighted by molar-refractivity contribution is 5.92. The number of nitrogens with zero attached hydrogens (tertiary/aromatic N) is 2. The molecule has 2 rings (SSSR count). The highest BCUT2D eigenvalue weighted by Crippen LogP contribution is 2.24. The third kappa shape index (κ3) is 2.57. The Kier molecular flexibility index (Phi) is 3.61. The van der Waals surface area contributed by atoms with E-state index < -0.39 is 0 Å². The van der Waals surface area contributed by atoms with Gasteiger partial charge in [0.15, 0.2) is 0 Å². The van der Waals surface area contributed by atoms with Gasteiger partial charge in [0.25, 0.3) is 5.91 Å². The van der Waals surface area contributed by atoms with E-state index in [1.54, 1.807) is 18.2 Å². The Hall–Kier alpha value is -1.58. The molecule has 0 saturated heterocycles. The molecule has 1 amide bonds. The third-order valence-electron chi connectivity index (χ3n) is 3.36. The summed E-state index contributed by atoms with van der Waals surface area (Å²) in [6.07, 6.45) is 4.67. The fourth-order valence-corrected chi connectivity index (χ4v) is 2.50. The molecule has 0 bridgehead atoms. The molecule has 0 unspecified atom stereocenters. The first-order chi connectivity index (χ1) is 8.22. The van der Waals surface area contributed by atoms with Crippen LogP contribution in [0.15, 0.2) is 18.2 Å². The molecule has 0 aromatic carbocycles. The Morgan fingerprint density at radius 3 is 2.76 bits per heavy atom. The van der Waals surface area contributed by atoms with E-state index in [0.717, 1.165) is 19.4 Å². The average Bonchev–Trinajstić information content (AvgIpc) is 2.83. The van der Waals surface area contributed by atoms with Crippen LogP contribution in [0.4, 0.5) is 5.82 Å². The van der Waals surface area contributed by atoms with E-state index in [2.05, 4.69) is 4.98 Å². The number of carbonyl (C=O) groups excluding carboxylic acids is 1. The summed E-state index contributed by atoms with van der Waals surface area (Å²) in [6.45, 7) is 2.75. The van der Waals surface area contributed by atoms with Crippen LogP contribution in [-0.2, 0) is 0 Å². The van der Waals surface area contributed by atoms with Crippen molar-refractivity contribution in [2.24, 2.45) is 0 Å². The second-order valence-corrected chi connectivity index (χ2v) is 4.48. The summed E-state index contributed by atoms with van der Waals surface area (Å²) in [4.78, 5) is 18.3.